The van der Waals surface area contributed by atoms with Gasteiger partial charge in [-0.2, -0.15) is 0 Å². The fraction of sp³-hybridized carbons (Fsp3) is 0.750. The summed E-state index contributed by atoms with van der Waals surface area (Å²) in [6.07, 6.45) is 17.8. The van der Waals surface area contributed by atoms with Gasteiger partial charge in [0.15, 0.2) is 0 Å². The maximum Gasteiger partial charge on any atom is 0.510 e. The Morgan fingerprint density at radius 3 is 2.42 bits per heavy atom. The highest BCUT2D eigenvalue weighted by atomic mass is 16.7. The first-order valence-electron chi connectivity index (χ1n) is 15.3. The van der Waals surface area contributed by atoms with Gasteiger partial charge in [-0.25, -0.2) is 9.79 Å². The number of methoxy groups -OCH3 is 1. The molecule has 6 nitrogen and oxygen atoms in total. The molecule has 6 heteroatoms. The van der Waals surface area contributed by atoms with Gasteiger partial charge in [0.1, 0.15) is 0 Å². The number of ether oxygens (including phenoxy) is 2. The van der Waals surface area contributed by atoms with E-state index in [1.54, 1.807) is 0 Å². The van der Waals surface area contributed by atoms with Gasteiger partial charge in [-0.3, -0.25) is 0 Å². The molecule has 1 aliphatic heterocycles. The van der Waals surface area contributed by atoms with E-state index in [0.717, 1.165) is 31.6 Å². The summed E-state index contributed by atoms with van der Waals surface area (Å²) in [6, 6.07) is 12.1. The molecule has 0 amide bonds. The molecule has 0 bridgehead atoms. The van der Waals surface area contributed by atoms with Crippen LogP contribution in [0.3, 0.4) is 0 Å². The zero-order chi connectivity index (χ0) is 27.0. The summed E-state index contributed by atoms with van der Waals surface area (Å²) in [6.45, 7) is 2.15. The molecule has 1 aromatic carbocycles. The van der Waals surface area contributed by atoms with Crippen molar-refractivity contribution in [3.05, 3.63) is 35.9 Å². The highest BCUT2D eigenvalue weighted by Crippen LogP contribution is 2.43. The molecule has 0 N–H and O–H groups in total. The molecule has 0 spiro atoms. The van der Waals surface area contributed by atoms with Crippen LogP contribution in [0.2, 0.25) is 0 Å². The van der Waals surface area contributed by atoms with Crippen LogP contribution in [-0.2, 0) is 15.9 Å². The van der Waals surface area contributed by atoms with E-state index < -0.39 is 11.9 Å². The van der Waals surface area contributed by atoms with E-state index in [2.05, 4.69) is 61.2 Å². The first-order valence-corrected chi connectivity index (χ1v) is 15.3. The Hall–Kier alpha value is -2.08. The zero-order valence-electron chi connectivity index (χ0n) is 24.3. The van der Waals surface area contributed by atoms with E-state index in [0.29, 0.717) is 18.0 Å². The molecule has 2 aliphatic carbocycles. The molecule has 1 heterocycles. The number of carbonyl (C=O) groups is 1. The molecule has 4 rings (SSSR count). The first-order chi connectivity index (χ1) is 18.5. The molecule has 3 aliphatic rings. The second-order valence-electron chi connectivity index (χ2n) is 12.2. The van der Waals surface area contributed by atoms with Crippen LogP contribution in [0.1, 0.15) is 96.0 Å². The summed E-state index contributed by atoms with van der Waals surface area (Å²) in [5.74, 6) is 1.38. The number of carbonyl (C=O) groups excluding carboxylic acids is 1. The normalized spacial score (nSPS) is 29.0. The molecule has 0 radical (unpaired) electrons. The minimum atomic E-state index is -0.821. The number of nitrogens with zero attached hydrogens (tertiary/aromatic N) is 3. The number of hydrogen-bond donors (Lipinski definition) is 0. The molecular formula is C32H51N3O3. The minimum absolute atomic E-state index is 0.105. The standard InChI is InChI=1S/C32H51N3O3/c1-5-22-32(38-31(36)37-4)30(35(24-33-32)28-14-10-7-11-15-28)23-26-16-19-27(20-17-26)29(34(2)3)21-18-25-12-8-6-9-13-25/h6,8-9,12-13,24,26-30H,5,7,10-11,14-23H2,1-4H3. The van der Waals surface area contributed by atoms with Crippen LogP contribution in [0.4, 0.5) is 4.79 Å². The maximum absolute atomic E-state index is 12.4. The molecular weight excluding hydrogens is 474 g/mol. The number of benzene rings is 1. The summed E-state index contributed by atoms with van der Waals surface area (Å²) >= 11 is 0. The molecule has 2 saturated carbocycles. The van der Waals surface area contributed by atoms with Crippen LogP contribution in [0.5, 0.6) is 0 Å². The van der Waals surface area contributed by atoms with Crippen LogP contribution in [-0.4, -0.2) is 67.3 Å². The molecule has 0 aromatic heterocycles. The van der Waals surface area contributed by atoms with Crippen molar-refractivity contribution in [1.29, 1.82) is 0 Å². The average Bonchev–Trinajstić information content (AvgIpc) is 3.27. The lowest BCUT2D eigenvalue weighted by Crippen LogP contribution is -2.53. The van der Waals surface area contributed by atoms with Crippen LogP contribution in [0.25, 0.3) is 0 Å². The lowest BCUT2D eigenvalue weighted by Gasteiger charge is -2.44. The van der Waals surface area contributed by atoms with Gasteiger partial charge >= 0.3 is 6.16 Å². The van der Waals surface area contributed by atoms with Crippen molar-refractivity contribution in [3.8, 4) is 0 Å². The monoisotopic (exact) mass is 525 g/mol. The van der Waals surface area contributed by atoms with Gasteiger partial charge in [0.25, 0.3) is 0 Å². The highest BCUT2D eigenvalue weighted by molar-refractivity contribution is 5.64. The van der Waals surface area contributed by atoms with Crippen molar-refractivity contribution in [2.75, 3.05) is 21.2 Å². The number of aliphatic imine (C=N–C) groups is 1. The summed E-state index contributed by atoms with van der Waals surface area (Å²) < 4.78 is 11.0. The lowest BCUT2D eigenvalue weighted by molar-refractivity contribution is -0.0686. The van der Waals surface area contributed by atoms with Gasteiger partial charge in [-0.05, 0) is 76.4 Å². The van der Waals surface area contributed by atoms with Crippen molar-refractivity contribution in [3.63, 3.8) is 0 Å². The largest absolute Gasteiger partial charge is 0.510 e. The molecule has 3 unspecified atom stereocenters. The van der Waals surface area contributed by atoms with E-state index in [-0.39, 0.29) is 6.04 Å². The Kier molecular flexibility index (Phi) is 10.5. The van der Waals surface area contributed by atoms with Gasteiger partial charge in [0, 0.05) is 18.5 Å². The Balaban J connectivity index is 1.42. The third-order valence-corrected chi connectivity index (χ3v) is 9.55. The fourth-order valence-corrected chi connectivity index (χ4v) is 7.52. The SMILES string of the molecule is CCCC1(OC(=O)OC)N=CN(C2CCCCC2)C1CC1CCC(C(CCc2ccccc2)N(C)C)CC1. The maximum atomic E-state index is 12.4. The zero-order valence-corrected chi connectivity index (χ0v) is 24.3. The summed E-state index contributed by atoms with van der Waals surface area (Å²) in [5, 5.41) is 0. The quantitative estimate of drug-likeness (QED) is 0.289. The molecule has 0 saturated heterocycles. The van der Waals surface area contributed by atoms with E-state index >= 15 is 0 Å². The topological polar surface area (TPSA) is 54.4 Å². The summed E-state index contributed by atoms with van der Waals surface area (Å²) in [5.41, 5.74) is 0.618. The average molecular weight is 526 g/mol. The van der Waals surface area contributed by atoms with Crippen molar-refractivity contribution in [2.45, 2.75) is 121 Å². The molecule has 212 valence electrons. The van der Waals surface area contributed by atoms with Gasteiger partial charge in [0.05, 0.1) is 19.5 Å². The molecule has 3 atom stereocenters. The third kappa shape index (κ3) is 7.11. The lowest BCUT2D eigenvalue weighted by atomic mass is 9.74. The van der Waals surface area contributed by atoms with Crippen LogP contribution < -0.4 is 0 Å². The Morgan fingerprint density at radius 1 is 1.08 bits per heavy atom. The predicted octanol–water partition coefficient (Wildman–Crippen LogP) is 7.07. The second kappa shape index (κ2) is 13.8. The predicted molar refractivity (Wildman–Crippen MR) is 154 cm³/mol. The van der Waals surface area contributed by atoms with E-state index in [1.165, 1.54) is 76.9 Å². The van der Waals surface area contributed by atoms with Crippen molar-refractivity contribution in [2.24, 2.45) is 16.8 Å². The Morgan fingerprint density at radius 2 is 1.79 bits per heavy atom. The smallest absolute Gasteiger partial charge is 0.438 e. The first kappa shape index (κ1) is 28.9. The summed E-state index contributed by atoms with van der Waals surface area (Å²) in [7, 11) is 5.90. The van der Waals surface area contributed by atoms with Crippen molar-refractivity contribution in [1.82, 2.24) is 9.80 Å². The second-order valence-corrected chi connectivity index (χ2v) is 12.2. The third-order valence-electron chi connectivity index (χ3n) is 9.55. The Bertz CT molecular complexity index is 877. The van der Waals surface area contributed by atoms with Crippen LogP contribution in [0, 0.1) is 11.8 Å². The van der Waals surface area contributed by atoms with E-state index in [9.17, 15) is 4.79 Å². The van der Waals surface area contributed by atoms with E-state index in [1.807, 2.05) is 6.34 Å². The van der Waals surface area contributed by atoms with Gasteiger partial charge in [-0.15, -0.1) is 0 Å². The molecule has 38 heavy (non-hydrogen) atoms. The number of aryl methyl sites for hydroxylation is 1. The van der Waals surface area contributed by atoms with Gasteiger partial charge < -0.3 is 19.3 Å². The number of rotatable bonds is 11. The molecule has 2 fully saturated rings. The minimum Gasteiger partial charge on any atom is -0.438 e. The highest BCUT2D eigenvalue weighted by Gasteiger charge is 2.51. The summed E-state index contributed by atoms with van der Waals surface area (Å²) in [4.78, 5) is 22.3. The van der Waals surface area contributed by atoms with E-state index in [4.69, 9.17) is 14.5 Å². The number of hydrogen-bond acceptors (Lipinski definition) is 6. The van der Waals surface area contributed by atoms with Crippen LogP contribution in [0.15, 0.2) is 35.3 Å². The fourth-order valence-electron chi connectivity index (χ4n) is 7.52. The molecule has 1 aromatic rings. The van der Waals surface area contributed by atoms with Crippen molar-refractivity contribution < 1.29 is 14.3 Å². The van der Waals surface area contributed by atoms with Gasteiger partial charge in [0.2, 0.25) is 5.72 Å². The van der Waals surface area contributed by atoms with Gasteiger partial charge in [-0.1, -0.05) is 75.8 Å². The van der Waals surface area contributed by atoms with Crippen molar-refractivity contribution >= 4 is 12.5 Å². The van der Waals surface area contributed by atoms with Crippen LogP contribution >= 0.6 is 0 Å². The Labute approximate surface area is 231 Å².